The zero-order chi connectivity index (χ0) is 8.48. The molecular formula is C9H16Cl2. The summed E-state index contributed by atoms with van der Waals surface area (Å²) in [5, 5.41) is 0. The van der Waals surface area contributed by atoms with Crippen molar-refractivity contribution in [1.29, 1.82) is 0 Å². The van der Waals surface area contributed by atoms with Crippen LogP contribution >= 0.6 is 23.2 Å². The normalized spacial score (nSPS) is 39.5. The van der Waals surface area contributed by atoms with E-state index in [9.17, 15) is 0 Å². The third-order valence-electron chi connectivity index (χ3n) is 3.23. The van der Waals surface area contributed by atoms with Crippen LogP contribution < -0.4 is 0 Å². The molecular weight excluding hydrogens is 179 g/mol. The van der Waals surface area contributed by atoms with Gasteiger partial charge in [-0.3, -0.25) is 0 Å². The van der Waals surface area contributed by atoms with E-state index in [1.807, 2.05) is 0 Å². The van der Waals surface area contributed by atoms with Gasteiger partial charge in [-0.15, -0.1) is 23.2 Å². The third kappa shape index (κ3) is 1.84. The number of hydrogen-bond donors (Lipinski definition) is 0. The van der Waals surface area contributed by atoms with Crippen molar-refractivity contribution in [3.63, 3.8) is 0 Å². The van der Waals surface area contributed by atoms with Gasteiger partial charge in [-0.1, -0.05) is 33.1 Å². The summed E-state index contributed by atoms with van der Waals surface area (Å²) in [6.45, 7) is 4.47. The maximum atomic E-state index is 5.96. The Morgan fingerprint density at radius 1 is 1.36 bits per heavy atom. The van der Waals surface area contributed by atoms with E-state index in [0.717, 1.165) is 0 Å². The quantitative estimate of drug-likeness (QED) is 0.554. The van der Waals surface area contributed by atoms with Gasteiger partial charge in [0.15, 0.2) is 0 Å². The summed E-state index contributed by atoms with van der Waals surface area (Å²) < 4.78 is 0. The maximum Gasteiger partial charge on any atom is 0.113 e. The van der Waals surface area contributed by atoms with Crippen molar-refractivity contribution in [2.45, 2.75) is 44.4 Å². The molecule has 0 aromatic carbocycles. The predicted octanol–water partition coefficient (Wildman–Crippen LogP) is 4.01. The molecule has 2 heteroatoms. The van der Waals surface area contributed by atoms with Gasteiger partial charge in [0.25, 0.3) is 0 Å². The summed E-state index contributed by atoms with van der Waals surface area (Å²) in [6.07, 6.45) is 5.10. The molecule has 1 fully saturated rings. The molecule has 1 saturated carbocycles. The standard InChI is InChI=1S/C9H16Cl2/c1-7-5-3-4-6-9(7,2)8(10)11/h7-8H,3-6H2,1-2H3/t7-,9-/m0/s1. The first-order valence-corrected chi connectivity index (χ1v) is 5.23. The molecule has 0 nitrogen and oxygen atoms in total. The Labute approximate surface area is 79.3 Å². The minimum Gasteiger partial charge on any atom is -0.105 e. The molecule has 0 aliphatic heterocycles. The Balaban J connectivity index is 2.64. The van der Waals surface area contributed by atoms with Crippen molar-refractivity contribution >= 4 is 23.2 Å². The van der Waals surface area contributed by atoms with Crippen LogP contribution in [0.2, 0.25) is 0 Å². The molecule has 0 spiro atoms. The van der Waals surface area contributed by atoms with Gasteiger partial charge < -0.3 is 0 Å². The van der Waals surface area contributed by atoms with Crippen molar-refractivity contribution in [3.8, 4) is 0 Å². The molecule has 0 aromatic heterocycles. The van der Waals surface area contributed by atoms with Gasteiger partial charge in [-0.2, -0.15) is 0 Å². The van der Waals surface area contributed by atoms with E-state index < -0.39 is 0 Å². The molecule has 0 saturated heterocycles. The van der Waals surface area contributed by atoms with E-state index in [-0.39, 0.29) is 10.3 Å². The average Bonchev–Trinajstić information content (AvgIpc) is 1.95. The molecule has 0 radical (unpaired) electrons. The zero-order valence-corrected chi connectivity index (χ0v) is 8.75. The van der Waals surface area contributed by atoms with Crippen LogP contribution in [0.25, 0.3) is 0 Å². The van der Waals surface area contributed by atoms with Crippen LogP contribution in [0.1, 0.15) is 39.5 Å². The minimum atomic E-state index is -0.196. The van der Waals surface area contributed by atoms with Crippen LogP contribution in [0, 0.1) is 11.3 Å². The molecule has 1 rings (SSSR count). The van der Waals surface area contributed by atoms with Gasteiger partial charge in [0, 0.05) is 5.41 Å². The summed E-state index contributed by atoms with van der Waals surface area (Å²) in [6, 6.07) is 0. The van der Waals surface area contributed by atoms with Crippen LogP contribution in [-0.2, 0) is 0 Å². The van der Waals surface area contributed by atoms with Gasteiger partial charge >= 0.3 is 0 Å². The second-order valence-corrected chi connectivity index (χ2v) is 5.05. The first kappa shape index (κ1) is 9.67. The lowest BCUT2D eigenvalue weighted by molar-refractivity contribution is 0.147. The third-order valence-corrected chi connectivity index (χ3v) is 4.22. The van der Waals surface area contributed by atoms with E-state index in [0.29, 0.717) is 5.92 Å². The fraction of sp³-hybridized carbons (Fsp3) is 1.00. The maximum absolute atomic E-state index is 5.96. The molecule has 0 aromatic rings. The van der Waals surface area contributed by atoms with E-state index in [4.69, 9.17) is 23.2 Å². The molecule has 0 bridgehead atoms. The first-order valence-electron chi connectivity index (χ1n) is 4.35. The molecule has 1 aliphatic carbocycles. The van der Waals surface area contributed by atoms with Crippen LogP contribution in [0.5, 0.6) is 0 Å². The fourth-order valence-corrected chi connectivity index (χ4v) is 2.51. The SMILES string of the molecule is C[C@H]1CCCC[C@]1(C)C(Cl)Cl. The van der Waals surface area contributed by atoms with Gasteiger partial charge in [0.2, 0.25) is 0 Å². The number of alkyl halides is 2. The summed E-state index contributed by atoms with van der Waals surface area (Å²) >= 11 is 11.9. The molecule has 0 amide bonds. The van der Waals surface area contributed by atoms with E-state index in [1.54, 1.807) is 0 Å². The molecule has 66 valence electrons. The highest BCUT2D eigenvalue weighted by Crippen LogP contribution is 2.46. The number of hydrogen-bond acceptors (Lipinski definition) is 0. The fourth-order valence-electron chi connectivity index (χ4n) is 1.86. The summed E-state index contributed by atoms with van der Waals surface area (Å²) in [4.78, 5) is -0.196. The Hall–Kier alpha value is 0.580. The predicted molar refractivity (Wildman–Crippen MR) is 51.2 cm³/mol. The molecule has 0 N–H and O–H groups in total. The molecule has 2 atom stereocenters. The van der Waals surface area contributed by atoms with Crippen LogP contribution in [0.3, 0.4) is 0 Å². The summed E-state index contributed by atoms with van der Waals surface area (Å²) in [5.74, 6) is 0.677. The zero-order valence-electron chi connectivity index (χ0n) is 7.24. The van der Waals surface area contributed by atoms with Gasteiger partial charge in [-0.25, -0.2) is 0 Å². The topological polar surface area (TPSA) is 0 Å². The lowest BCUT2D eigenvalue weighted by Gasteiger charge is -2.40. The van der Waals surface area contributed by atoms with E-state index >= 15 is 0 Å². The van der Waals surface area contributed by atoms with Crippen LogP contribution in [0.15, 0.2) is 0 Å². The highest BCUT2D eigenvalue weighted by atomic mass is 35.5. The Morgan fingerprint density at radius 3 is 2.36 bits per heavy atom. The van der Waals surface area contributed by atoms with Crippen molar-refractivity contribution in [1.82, 2.24) is 0 Å². The molecule has 11 heavy (non-hydrogen) atoms. The van der Waals surface area contributed by atoms with Crippen molar-refractivity contribution in [2.24, 2.45) is 11.3 Å². The first-order chi connectivity index (χ1) is 5.07. The lowest BCUT2D eigenvalue weighted by Crippen LogP contribution is -2.34. The van der Waals surface area contributed by atoms with E-state index in [1.165, 1.54) is 25.7 Å². The van der Waals surface area contributed by atoms with Crippen molar-refractivity contribution in [2.75, 3.05) is 0 Å². The average molecular weight is 195 g/mol. The lowest BCUT2D eigenvalue weighted by atomic mass is 9.69. The highest BCUT2D eigenvalue weighted by Gasteiger charge is 2.38. The van der Waals surface area contributed by atoms with E-state index in [2.05, 4.69) is 13.8 Å². The largest absolute Gasteiger partial charge is 0.113 e. The smallest absolute Gasteiger partial charge is 0.105 e. The molecule has 1 aliphatic rings. The molecule has 0 unspecified atom stereocenters. The Bertz CT molecular complexity index is 134. The van der Waals surface area contributed by atoms with Crippen LogP contribution in [0.4, 0.5) is 0 Å². The van der Waals surface area contributed by atoms with Gasteiger partial charge in [-0.05, 0) is 12.3 Å². The highest BCUT2D eigenvalue weighted by molar-refractivity contribution is 6.44. The summed E-state index contributed by atoms with van der Waals surface area (Å²) in [7, 11) is 0. The monoisotopic (exact) mass is 194 g/mol. The molecule has 0 heterocycles. The second kappa shape index (κ2) is 3.53. The van der Waals surface area contributed by atoms with Crippen molar-refractivity contribution < 1.29 is 0 Å². The number of halogens is 2. The van der Waals surface area contributed by atoms with Crippen molar-refractivity contribution in [3.05, 3.63) is 0 Å². The second-order valence-electron chi connectivity index (χ2n) is 3.95. The van der Waals surface area contributed by atoms with Gasteiger partial charge in [0.05, 0.1) is 0 Å². The van der Waals surface area contributed by atoms with Crippen LogP contribution in [-0.4, -0.2) is 4.84 Å². The minimum absolute atomic E-state index is 0.168. The van der Waals surface area contributed by atoms with Gasteiger partial charge in [0.1, 0.15) is 4.84 Å². The Kier molecular flexibility index (Phi) is 3.10. The Morgan fingerprint density at radius 2 is 2.00 bits per heavy atom. The summed E-state index contributed by atoms with van der Waals surface area (Å²) in [5.41, 5.74) is 0.168. The number of rotatable bonds is 1.